The van der Waals surface area contributed by atoms with E-state index in [0.29, 0.717) is 6.61 Å². The molecule has 0 amide bonds. The van der Waals surface area contributed by atoms with Crippen molar-refractivity contribution in [3.8, 4) is 0 Å². The highest BCUT2D eigenvalue weighted by Crippen LogP contribution is 2.38. The van der Waals surface area contributed by atoms with E-state index in [1.54, 1.807) is 0 Å². The summed E-state index contributed by atoms with van der Waals surface area (Å²) >= 11 is 0. The lowest BCUT2D eigenvalue weighted by molar-refractivity contribution is -0.118. The minimum Gasteiger partial charge on any atom is -0.416 e. The van der Waals surface area contributed by atoms with Gasteiger partial charge in [-0.3, -0.25) is 0 Å². The molecule has 0 atom stereocenters. The lowest BCUT2D eigenvalue weighted by Gasteiger charge is -2.39. The van der Waals surface area contributed by atoms with Gasteiger partial charge in [-0.2, -0.15) is 0 Å². The number of carbonyl (C=O) groups excluding carboxylic acids is 1. The van der Waals surface area contributed by atoms with Crippen molar-refractivity contribution in [3.63, 3.8) is 0 Å². The minimum atomic E-state index is -1.72. The minimum absolute atomic E-state index is 0.211. The smallest absolute Gasteiger partial charge is 0.192 e. The SMILES string of the molecule is CCC(C=O)(CC)CO[Si](C)(C)C(C)(C)C. The maximum absolute atomic E-state index is 11.2. The van der Waals surface area contributed by atoms with E-state index in [2.05, 4.69) is 47.7 Å². The lowest BCUT2D eigenvalue weighted by atomic mass is 9.85. The Morgan fingerprint density at radius 1 is 1.12 bits per heavy atom. The van der Waals surface area contributed by atoms with Gasteiger partial charge in [0.25, 0.3) is 0 Å². The van der Waals surface area contributed by atoms with Gasteiger partial charge in [0.05, 0.1) is 0 Å². The molecule has 0 bridgehead atoms. The van der Waals surface area contributed by atoms with E-state index in [4.69, 9.17) is 4.43 Å². The first-order chi connectivity index (χ1) is 7.14. The molecule has 3 heteroatoms. The van der Waals surface area contributed by atoms with Gasteiger partial charge < -0.3 is 9.22 Å². The molecule has 0 N–H and O–H groups in total. The van der Waals surface area contributed by atoms with Crippen molar-refractivity contribution >= 4 is 14.6 Å². The molecule has 0 aromatic heterocycles. The summed E-state index contributed by atoms with van der Waals surface area (Å²) in [7, 11) is -1.72. The van der Waals surface area contributed by atoms with E-state index in [9.17, 15) is 4.79 Å². The molecule has 0 aromatic rings. The van der Waals surface area contributed by atoms with E-state index in [1.807, 2.05) is 0 Å². The monoisotopic (exact) mass is 244 g/mol. The normalized spacial score (nSPS) is 13.9. The first kappa shape index (κ1) is 15.8. The molecule has 0 radical (unpaired) electrons. The van der Waals surface area contributed by atoms with Crippen molar-refractivity contribution in [1.29, 1.82) is 0 Å². The van der Waals surface area contributed by atoms with Crippen LogP contribution in [0.5, 0.6) is 0 Å². The molecule has 0 spiro atoms. The van der Waals surface area contributed by atoms with Gasteiger partial charge in [0.2, 0.25) is 0 Å². The molecule has 2 nitrogen and oxygen atoms in total. The van der Waals surface area contributed by atoms with Crippen LogP contribution in [0.4, 0.5) is 0 Å². The largest absolute Gasteiger partial charge is 0.416 e. The van der Waals surface area contributed by atoms with E-state index in [0.717, 1.165) is 19.1 Å². The molecule has 0 saturated heterocycles. The summed E-state index contributed by atoms with van der Waals surface area (Å²) in [5.74, 6) is 0. The van der Waals surface area contributed by atoms with Gasteiger partial charge in [-0.25, -0.2) is 0 Å². The van der Waals surface area contributed by atoms with Crippen molar-refractivity contribution in [1.82, 2.24) is 0 Å². The number of hydrogen-bond acceptors (Lipinski definition) is 2. The van der Waals surface area contributed by atoms with Crippen LogP contribution < -0.4 is 0 Å². The average Bonchev–Trinajstić information content (AvgIpc) is 2.19. The highest BCUT2D eigenvalue weighted by molar-refractivity contribution is 6.74. The molecular weight excluding hydrogens is 216 g/mol. The summed E-state index contributed by atoms with van der Waals surface area (Å²) in [5.41, 5.74) is -0.268. The number of rotatable bonds is 6. The molecule has 0 aliphatic carbocycles. The number of carbonyl (C=O) groups is 1. The fourth-order valence-electron chi connectivity index (χ4n) is 1.20. The Labute approximate surface area is 102 Å². The molecule has 16 heavy (non-hydrogen) atoms. The summed E-state index contributed by atoms with van der Waals surface area (Å²) < 4.78 is 6.14. The zero-order chi connectivity index (χ0) is 13.0. The van der Waals surface area contributed by atoms with Crippen LogP contribution in [-0.4, -0.2) is 21.2 Å². The second-order valence-electron chi connectivity index (χ2n) is 6.24. The van der Waals surface area contributed by atoms with Crippen LogP contribution in [0.2, 0.25) is 18.1 Å². The summed E-state index contributed by atoms with van der Waals surface area (Å²) in [5, 5.41) is 0.211. The third-order valence-electron chi connectivity index (χ3n) is 4.18. The Morgan fingerprint density at radius 2 is 1.56 bits per heavy atom. The van der Waals surface area contributed by atoms with Gasteiger partial charge in [0.15, 0.2) is 8.32 Å². The standard InChI is InChI=1S/C13H28O2Si/c1-8-13(9-2,10-14)11-15-16(6,7)12(3,4)5/h10H,8-9,11H2,1-7H3. The molecular formula is C13H28O2Si. The van der Waals surface area contributed by atoms with Crippen LogP contribution in [0, 0.1) is 5.41 Å². The summed E-state index contributed by atoms with van der Waals surface area (Å²) in [6, 6.07) is 0. The highest BCUT2D eigenvalue weighted by atomic mass is 28.4. The van der Waals surface area contributed by atoms with Gasteiger partial charge in [0, 0.05) is 12.0 Å². The quantitative estimate of drug-likeness (QED) is 0.521. The third-order valence-corrected chi connectivity index (χ3v) is 8.66. The number of aldehydes is 1. The maximum atomic E-state index is 11.2. The molecule has 0 unspecified atom stereocenters. The van der Waals surface area contributed by atoms with Crippen LogP contribution >= 0.6 is 0 Å². The van der Waals surface area contributed by atoms with Crippen LogP contribution in [0.15, 0.2) is 0 Å². The van der Waals surface area contributed by atoms with E-state index < -0.39 is 8.32 Å². The predicted molar refractivity (Wildman–Crippen MR) is 72.2 cm³/mol. The van der Waals surface area contributed by atoms with Crippen molar-refractivity contribution in [3.05, 3.63) is 0 Å². The fourth-order valence-corrected chi connectivity index (χ4v) is 2.28. The predicted octanol–water partition coefficient (Wildman–Crippen LogP) is 4.01. The van der Waals surface area contributed by atoms with Gasteiger partial charge >= 0.3 is 0 Å². The van der Waals surface area contributed by atoms with Crippen LogP contribution in [0.1, 0.15) is 47.5 Å². The van der Waals surface area contributed by atoms with E-state index in [-0.39, 0.29) is 10.5 Å². The van der Waals surface area contributed by atoms with Gasteiger partial charge in [-0.1, -0.05) is 34.6 Å². The van der Waals surface area contributed by atoms with Crippen molar-refractivity contribution in [2.24, 2.45) is 5.41 Å². The third kappa shape index (κ3) is 3.70. The topological polar surface area (TPSA) is 26.3 Å². The van der Waals surface area contributed by atoms with Crippen molar-refractivity contribution in [2.75, 3.05) is 6.61 Å². The Balaban J connectivity index is 4.60. The summed E-state index contributed by atoms with van der Waals surface area (Å²) in [6.45, 7) is 15.8. The Kier molecular flexibility index (Phi) is 5.40. The van der Waals surface area contributed by atoms with Crippen LogP contribution in [0.3, 0.4) is 0 Å². The molecule has 0 aromatic carbocycles. The van der Waals surface area contributed by atoms with Crippen LogP contribution in [0.25, 0.3) is 0 Å². The fraction of sp³-hybridized carbons (Fsp3) is 0.923. The lowest BCUT2D eigenvalue weighted by Crippen LogP contribution is -2.44. The Hall–Kier alpha value is -0.153. The Morgan fingerprint density at radius 3 is 1.81 bits per heavy atom. The van der Waals surface area contributed by atoms with Crippen molar-refractivity contribution in [2.45, 2.75) is 65.6 Å². The zero-order valence-electron chi connectivity index (χ0n) is 12.0. The molecule has 0 heterocycles. The first-order valence-corrected chi connectivity index (χ1v) is 9.15. The van der Waals surface area contributed by atoms with Gasteiger partial charge in [-0.15, -0.1) is 0 Å². The van der Waals surface area contributed by atoms with E-state index in [1.165, 1.54) is 0 Å². The zero-order valence-corrected chi connectivity index (χ0v) is 13.0. The molecule has 96 valence electrons. The molecule has 0 rings (SSSR count). The second kappa shape index (κ2) is 5.45. The average molecular weight is 244 g/mol. The Bertz CT molecular complexity index is 225. The van der Waals surface area contributed by atoms with E-state index >= 15 is 0 Å². The molecule has 0 aliphatic rings. The molecule has 0 saturated carbocycles. The van der Waals surface area contributed by atoms with Crippen molar-refractivity contribution < 1.29 is 9.22 Å². The molecule has 0 aliphatic heterocycles. The van der Waals surface area contributed by atoms with Crippen LogP contribution in [-0.2, 0) is 9.22 Å². The molecule has 0 fully saturated rings. The van der Waals surface area contributed by atoms with Gasteiger partial charge in [-0.05, 0) is 31.0 Å². The second-order valence-corrected chi connectivity index (χ2v) is 11.0. The summed E-state index contributed by atoms with van der Waals surface area (Å²) in [4.78, 5) is 11.2. The maximum Gasteiger partial charge on any atom is 0.192 e. The first-order valence-electron chi connectivity index (χ1n) is 6.24. The number of hydrogen-bond donors (Lipinski definition) is 0. The highest BCUT2D eigenvalue weighted by Gasteiger charge is 2.39. The van der Waals surface area contributed by atoms with Gasteiger partial charge in [0.1, 0.15) is 6.29 Å². The summed E-state index contributed by atoms with van der Waals surface area (Å²) in [6.07, 6.45) is 2.81.